The maximum Gasteiger partial charge on any atom is 0.223 e. The minimum absolute atomic E-state index is 0.00159. The van der Waals surface area contributed by atoms with Crippen molar-refractivity contribution in [3.63, 3.8) is 0 Å². The van der Waals surface area contributed by atoms with Crippen molar-refractivity contribution in [1.29, 1.82) is 0 Å². The smallest absolute Gasteiger partial charge is 0.223 e. The van der Waals surface area contributed by atoms with Crippen molar-refractivity contribution in [3.05, 3.63) is 59.2 Å². The fourth-order valence-corrected chi connectivity index (χ4v) is 3.19. The number of amides is 1. The Hall–Kier alpha value is -3.02. The average molecular weight is 382 g/mol. The Morgan fingerprint density at radius 1 is 1.11 bits per heavy atom. The van der Waals surface area contributed by atoms with Crippen molar-refractivity contribution in [2.45, 2.75) is 33.4 Å². The zero-order valence-electron chi connectivity index (χ0n) is 16.1. The van der Waals surface area contributed by atoms with E-state index < -0.39 is 11.9 Å². The van der Waals surface area contributed by atoms with Gasteiger partial charge in [-0.2, -0.15) is 0 Å². The van der Waals surface area contributed by atoms with Crippen LogP contribution in [-0.4, -0.2) is 29.9 Å². The number of carboxylic acids is 1. The van der Waals surface area contributed by atoms with Gasteiger partial charge in [-0.05, 0) is 37.1 Å². The summed E-state index contributed by atoms with van der Waals surface area (Å²) in [7, 11) is 0. The minimum atomic E-state index is -1.18. The highest BCUT2D eigenvalue weighted by Gasteiger charge is 2.30. The molecule has 0 bridgehead atoms. The molecular formula is C22H24NO5-. The van der Waals surface area contributed by atoms with E-state index >= 15 is 0 Å². The topological polar surface area (TPSA) is 78.9 Å². The van der Waals surface area contributed by atoms with Gasteiger partial charge in [0.2, 0.25) is 5.91 Å². The Morgan fingerprint density at radius 3 is 2.46 bits per heavy atom. The molecule has 0 saturated carbocycles. The number of benzene rings is 2. The van der Waals surface area contributed by atoms with Gasteiger partial charge in [0.1, 0.15) is 6.61 Å². The first-order valence-corrected chi connectivity index (χ1v) is 9.39. The number of rotatable bonds is 8. The van der Waals surface area contributed by atoms with E-state index in [9.17, 15) is 14.7 Å². The highest BCUT2D eigenvalue weighted by molar-refractivity contribution is 5.85. The Balaban J connectivity index is 1.69. The van der Waals surface area contributed by atoms with Crippen LogP contribution in [0, 0.1) is 12.8 Å². The first kappa shape index (κ1) is 19.7. The van der Waals surface area contributed by atoms with Crippen LogP contribution in [0.25, 0.3) is 0 Å². The standard InChI is InChI=1S/C22H25NO5/c1-3-27-20-10-17(12-23-13-18(22(25)26)11-21(23)24)8-9-19(20)28-14-16-6-4-15(2)5-7-16/h4-10,18H,3,11-14H2,1-2H3,(H,25,26)/p-1/t18-/m1/s1. The van der Waals surface area contributed by atoms with Gasteiger partial charge in [-0.3, -0.25) is 4.79 Å². The van der Waals surface area contributed by atoms with Crippen LogP contribution < -0.4 is 14.6 Å². The molecule has 3 rings (SSSR count). The molecule has 1 atom stereocenters. The summed E-state index contributed by atoms with van der Waals surface area (Å²) in [6.45, 7) is 5.36. The summed E-state index contributed by atoms with van der Waals surface area (Å²) >= 11 is 0. The van der Waals surface area contributed by atoms with Gasteiger partial charge in [0.25, 0.3) is 0 Å². The molecule has 0 aliphatic carbocycles. The molecule has 2 aromatic rings. The lowest BCUT2D eigenvalue weighted by Gasteiger charge is -2.19. The van der Waals surface area contributed by atoms with Crippen LogP contribution in [0.3, 0.4) is 0 Å². The maximum absolute atomic E-state index is 12.0. The van der Waals surface area contributed by atoms with E-state index in [-0.39, 0.29) is 18.9 Å². The van der Waals surface area contributed by atoms with Gasteiger partial charge in [-0.1, -0.05) is 35.9 Å². The SMILES string of the molecule is CCOc1cc(CN2C[C@H](C(=O)[O-])CC2=O)ccc1OCc1ccc(C)cc1. The summed E-state index contributed by atoms with van der Waals surface area (Å²) < 4.78 is 11.6. The molecule has 2 aromatic carbocycles. The number of carbonyl (C=O) groups excluding carboxylic acids is 2. The van der Waals surface area contributed by atoms with E-state index in [1.165, 1.54) is 5.56 Å². The van der Waals surface area contributed by atoms with E-state index in [0.717, 1.165) is 11.1 Å². The van der Waals surface area contributed by atoms with Crippen LogP contribution in [0.5, 0.6) is 11.5 Å². The molecule has 1 aliphatic rings. The molecule has 0 unspecified atom stereocenters. The number of likely N-dealkylation sites (tertiary alicyclic amines) is 1. The molecule has 6 heteroatoms. The van der Waals surface area contributed by atoms with E-state index in [1.807, 2.05) is 56.3 Å². The lowest BCUT2D eigenvalue weighted by atomic mass is 10.1. The van der Waals surface area contributed by atoms with Crippen LogP contribution in [0.1, 0.15) is 30.0 Å². The van der Waals surface area contributed by atoms with Crippen molar-refractivity contribution in [1.82, 2.24) is 4.90 Å². The van der Waals surface area contributed by atoms with E-state index in [0.29, 0.717) is 31.3 Å². The highest BCUT2D eigenvalue weighted by Crippen LogP contribution is 2.30. The summed E-state index contributed by atoms with van der Waals surface area (Å²) in [5, 5.41) is 11.0. The molecule has 1 saturated heterocycles. The van der Waals surface area contributed by atoms with Crippen molar-refractivity contribution in [3.8, 4) is 11.5 Å². The zero-order chi connectivity index (χ0) is 20.1. The fraction of sp³-hybridized carbons (Fsp3) is 0.364. The predicted molar refractivity (Wildman–Crippen MR) is 102 cm³/mol. The summed E-state index contributed by atoms with van der Waals surface area (Å²) in [6, 6.07) is 13.7. The molecule has 1 fully saturated rings. The summed E-state index contributed by atoms with van der Waals surface area (Å²) in [6.07, 6.45) is -0.00159. The average Bonchev–Trinajstić information content (AvgIpc) is 3.03. The number of hydrogen-bond acceptors (Lipinski definition) is 5. The molecule has 6 nitrogen and oxygen atoms in total. The fourth-order valence-electron chi connectivity index (χ4n) is 3.19. The number of carboxylic acid groups (broad SMARTS) is 1. The third kappa shape index (κ3) is 4.82. The number of nitrogens with zero attached hydrogens (tertiary/aromatic N) is 1. The third-order valence-electron chi connectivity index (χ3n) is 4.74. The second kappa shape index (κ2) is 8.78. The maximum atomic E-state index is 12.0. The van der Waals surface area contributed by atoms with Gasteiger partial charge in [-0.15, -0.1) is 0 Å². The predicted octanol–water partition coefficient (Wildman–Crippen LogP) is 2.07. The van der Waals surface area contributed by atoms with Gasteiger partial charge in [0.05, 0.1) is 6.61 Å². The van der Waals surface area contributed by atoms with Gasteiger partial charge in [-0.25, -0.2) is 0 Å². The number of hydrogen-bond donors (Lipinski definition) is 0. The Labute approximate surface area is 164 Å². The number of ether oxygens (including phenoxy) is 2. The van der Waals surface area contributed by atoms with Gasteiger partial charge in [0.15, 0.2) is 11.5 Å². The first-order valence-electron chi connectivity index (χ1n) is 9.39. The van der Waals surface area contributed by atoms with Gasteiger partial charge < -0.3 is 24.3 Å². The molecule has 148 valence electrons. The van der Waals surface area contributed by atoms with Crippen molar-refractivity contribution in [2.24, 2.45) is 5.92 Å². The van der Waals surface area contributed by atoms with E-state index in [2.05, 4.69) is 0 Å². The third-order valence-corrected chi connectivity index (χ3v) is 4.74. The summed E-state index contributed by atoms with van der Waals surface area (Å²) in [5.41, 5.74) is 3.12. The van der Waals surface area contributed by atoms with Crippen LogP contribution in [0.2, 0.25) is 0 Å². The number of aliphatic carboxylic acids is 1. The molecule has 0 spiro atoms. The zero-order valence-corrected chi connectivity index (χ0v) is 16.1. The molecule has 1 aliphatic heterocycles. The molecule has 0 radical (unpaired) electrons. The second-order valence-electron chi connectivity index (χ2n) is 6.98. The summed E-state index contributed by atoms with van der Waals surface area (Å²) in [5.74, 6) is -0.852. The highest BCUT2D eigenvalue weighted by atomic mass is 16.5. The normalized spacial score (nSPS) is 16.3. The Kier molecular flexibility index (Phi) is 6.19. The largest absolute Gasteiger partial charge is 0.550 e. The van der Waals surface area contributed by atoms with Gasteiger partial charge >= 0.3 is 0 Å². The van der Waals surface area contributed by atoms with Gasteiger partial charge in [0, 0.05) is 31.4 Å². The molecule has 0 aromatic heterocycles. The van der Waals surface area contributed by atoms with Crippen molar-refractivity contribution >= 4 is 11.9 Å². The minimum Gasteiger partial charge on any atom is -0.550 e. The molecule has 1 heterocycles. The van der Waals surface area contributed by atoms with E-state index in [1.54, 1.807) is 4.90 Å². The van der Waals surface area contributed by atoms with Crippen molar-refractivity contribution in [2.75, 3.05) is 13.2 Å². The number of aryl methyl sites for hydroxylation is 1. The summed E-state index contributed by atoms with van der Waals surface area (Å²) in [4.78, 5) is 24.6. The molecule has 1 amide bonds. The first-order chi connectivity index (χ1) is 13.5. The van der Waals surface area contributed by atoms with Crippen molar-refractivity contribution < 1.29 is 24.2 Å². The monoisotopic (exact) mass is 382 g/mol. The van der Waals surface area contributed by atoms with Crippen LogP contribution >= 0.6 is 0 Å². The van der Waals surface area contributed by atoms with E-state index in [4.69, 9.17) is 9.47 Å². The quantitative estimate of drug-likeness (QED) is 0.698. The van der Waals surface area contributed by atoms with Crippen LogP contribution in [0.15, 0.2) is 42.5 Å². The van der Waals surface area contributed by atoms with Crippen LogP contribution in [0.4, 0.5) is 0 Å². The molecule has 0 N–H and O–H groups in total. The lowest BCUT2D eigenvalue weighted by molar-refractivity contribution is -0.311. The lowest BCUT2D eigenvalue weighted by Crippen LogP contribution is -2.33. The number of carbonyl (C=O) groups is 2. The second-order valence-corrected chi connectivity index (χ2v) is 6.98. The Morgan fingerprint density at radius 2 is 1.82 bits per heavy atom. The molecular weight excluding hydrogens is 358 g/mol. The molecule has 28 heavy (non-hydrogen) atoms. The van der Waals surface area contributed by atoms with Crippen LogP contribution in [-0.2, 0) is 22.7 Å². The Bertz CT molecular complexity index is 847.